The Kier molecular flexibility index (Phi) is 18.7. The van der Waals surface area contributed by atoms with Crippen molar-refractivity contribution < 1.29 is 74.6 Å². The molecule has 610 valence electrons. The van der Waals surface area contributed by atoms with Gasteiger partial charge < -0.3 is 42.6 Å². The van der Waals surface area contributed by atoms with Crippen LogP contribution >= 0.6 is 11.6 Å². The Balaban J connectivity index is 0.0000000865. The number of pyridine rings is 7. The SMILES string of the molecule is COc1ccc2ccc3ccc[n+]4c3c2c1OC4.COc1ccc2ccc3cccc4c3c2[n+]1CO4.C[Si](C)(C)c1ccc2ccc3ccc[n+]4c3c2c1OC4.Cc1ccc2ccc3ccc(C)[n+]4c3c2c1OC4.Cc1ccc2ccc3ccc[n+]4c3c2c1OC4.Cc1ccc2ccc3ccc[n+]4c3c2c1OC4.Clc1ccc2ccc3cccc4c3c2[n+]1CO4. The van der Waals surface area contributed by atoms with Gasteiger partial charge in [-0.3, -0.25) is 0 Å². The van der Waals surface area contributed by atoms with E-state index in [1.165, 1.54) is 163 Å². The van der Waals surface area contributed by atoms with Crippen LogP contribution in [0.3, 0.4) is 0 Å². The molecule has 7 aliphatic rings. The highest BCUT2D eigenvalue weighted by molar-refractivity contribution is 6.89. The summed E-state index contributed by atoms with van der Waals surface area (Å²) in [5.74, 6) is 8.61. The molecule has 16 nitrogen and oxygen atoms in total. The van der Waals surface area contributed by atoms with Crippen LogP contribution in [0.25, 0.3) is 152 Å². The smallest absolute Gasteiger partial charge is 0.371 e. The van der Waals surface area contributed by atoms with Gasteiger partial charge in [-0.25, -0.2) is 0 Å². The minimum absolute atomic E-state index is 0.478. The molecule has 0 saturated carbocycles. The molecule has 0 N–H and O–H groups in total. The average molecular weight is 1680 g/mol. The number of hydrogen-bond acceptors (Lipinski definition) is 9. The van der Waals surface area contributed by atoms with E-state index < -0.39 is 8.07 Å². The molecule has 21 aromatic rings. The maximum Gasteiger partial charge on any atom is 0.371 e. The summed E-state index contributed by atoms with van der Waals surface area (Å²) >= 11 is 6.22. The zero-order valence-corrected chi connectivity index (χ0v) is 72.6. The molecular formula is C107H89ClN7O9Si+7. The van der Waals surface area contributed by atoms with Crippen molar-refractivity contribution in [2.75, 3.05) is 14.2 Å². The zero-order valence-electron chi connectivity index (χ0n) is 70.8. The number of ether oxygens (including phenoxy) is 9. The fourth-order valence-corrected chi connectivity index (χ4v) is 20.9. The van der Waals surface area contributed by atoms with Crippen LogP contribution in [0.4, 0.5) is 0 Å². The fourth-order valence-electron chi connectivity index (χ4n) is 19.3. The molecule has 14 heterocycles. The van der Waals surface area contributed by atoms with Crippen molar-refractivity contribution in [2.45, 2.75) is 94.5 Å². The predicted octanol–water partition coefficient (Wildman–Crippen LogP) is 20.9. The number of aromatic nitrogens is 7. The normalized spacial score (nSPS) is 13.3. The first-order valence-corrected chi connectivity index (χ1v) is 46.2. The maximum atomic E-state index is 6.22. The fraction of sp³-hybridized carbons (Fsp3) is 0.150. The van der Waals surface area contributed by atoms with Crippen LogP contribution < -0.4 is 79.8 Å². The van der Waals surface area contributed by atoms with Crippen LogP contribution in [0.2, 0.25) is 24.8 Å². The third-order valence-electron chi connectivity index (χ3n) is 25.3. The van der Waals surface area contributed by atoms with Gasteiger partial charge in [0.25, 0.3) is 52.3 Å². The van der Waals surface area contributed by atoms with E-state index in [0.717, 1.165) is 68.2 Å². The average Bonchev–Trinajstić information content (AvgIpc) is 0.748. The van der Waals surface area contributed by atoms with E-state index in [-0.39, 0.29) is 0 Å². The number of halogens is 1. The van der Waals surface area contributed by atoms with Crippen molar-refractivity contribution in [2.24, 2.45) is 0 Å². The summed E-state index contributed by atoms with van der Waals surface area (Å²) < 4.78 is 67.1. The minimum Gasteiger partial charge on any atom is -0.493 e. The number of hydrogen-bond donors (Lipinski definition) is 0. The van der Waals surface area contributed by atoms with Gasteiger partial charge in [0.2, 0.25) is 38.6 Å². The van der Waals surface area contributed by atoms with Gasteiger partial charge in [-0.05, 0) is 195 Å². The summed E-state index contributed by atoms with van der Waals surface area (Å²) in [5.41, 5.74) is 13.6. The molecule has 0 spiro atoms. The first-order chi connectivity index (χ1) is 61.1. The number of aryl methyl sites for hydroxylation is 4. The van der Waals surface area contributed by atoms with Gasteiger partial charge in [0.1, 0.15) is 39.9 Å². The lowest BCUT2D eigenvalue weighted by Gasteiger charge is -2.24. The standard InChI is InChI=1S/C17H18NOSi.C16H14NO.2C15H12NO2.2C15H12NO.C14H9ClNO/c1-20(2,3)14-9-8-12-6-7-13-5-4-10-18-11-19-17(14)15(12)16(13)18;1-10-3-5-12-7-8-13-6-4-11(2)17-9-18-16(10)14(12)15(13)17;1-17-12-7-6-10-4-5-11-3-2-8-16-9-18-15(12)13(10)14(11)16;1-17-13-8-7-11-6-5-10-3-2-4-12-14(10)15(11)16(13)9-18-12;2*1-10-4-5-11-6-7-12-3-2-8-16-9-17-15(10)13(11)14(12)16;15-12-7-6-10-5-4-9-2-1-3-11-13(9)14(10)16(12)8-17-11/h4-10H,11H2,1-3H3;3-8H,9H2,1-2H3;2*2-8H,9H2,1H3;2*2-8H,9H2,1H3;1-7H,8H2/q7*+1. The second kappa shape index (κ2) is 30.5. The van der Waals surface area contributed by atoms with E-state index in [9.17, 15) is 0 Å². The highest BCUT2D eigenvalue weighted by atomic mass is 35.5. The molecule has 0 bridgehead atoms. The molecule has 0 saturated heterocycles. The first kappa shape index (κ1) is 76.6. The molecule has 28 rings (SSSR count). The van der Waals surface area contributed by atoms with Crippen LogP contribution in [0, 0.1) is 27.7 Å². The van der Waals surface area contributed by atoms with Crippen LogP contribution in [0.5, 0.6) is 51.9 Å². The number of nitrogens with zero attached hydrogens (tertiary/aromatic N) is 7. The maximum absolute atomic E-state index is 6.22. The molecule has 0 fully saturated rings. The van der Waals surface area contributed by atoms with Gasteiger partial charge in [-0.2, -0.15) is 22.8 Å². The molecule has 14 aromatic carbocycles. The van der Waals surface area contributed by atoms with Gasteiger partial charge in [0.15, 0.2) is 42.0 Å². The van der Waals surface area contributed by atoms with Gasteiger partial charge in [0, 0.05) is 81.0 Å². The molecule has 0 unspecified atom stereocenters. The predicted molar refractivity (Wildman–Crippen MR) is 496 cm³/mol. The largest absolute Gasteiger partial charge is 0.493 e. The minimum atomic E-state index is -1.41. The first-order valence-electron chi connectivity index (χ1n) is 42.3. The van der Waals surface area contributed by atoms with Crippen LogP contribution in [-0.2, 0) is 47.1 Å². The van der Waals surface area contributed by atoms with E-state index in [0.29, 0.717) is 52.3 Å². The summed E-state index contributed by atoms with van der Waals surface area (Å²) in [6, 6.07) is 93.2. The van der Waals surface area contributed by atoms with E-state index in [4.69, 9.17) is 54.2 Å². The summed E-state index contributed by atoms with van der Waals surface area (Å²) in [6.45, 7) is 19.5. The van der Waals surface area contributed by atoms with Crippen molar-refractivity contribution in [3.63, 3.8) is 0 Å². The monoisotopic (exact) mass is 1680 g/mol. The number of rotatable bonds is 3. The van der Waals surface area contributed by atoms with E-state index in [1.807, 2.05) is 59.3 Å². The van der Waals surface area contributed by atoms with Crippen molar-refractivity contribution in [3.05, 3.63) is 319 Å². The Morgan fingerprint density at radius 3 is 1.02 bits per heavy atom. The van der Waals surface area contributed by atoms with Crippen molar-refractivity contribution in [3.8, 4) is 51.9 Å². The van der Waals surface area contributed by atoms with Crippen LogP contribution in [-0.4, -0.2) is 22.3 Å². The summed E-state index contributed by atoms with van der Waals surface area (Å²) in [6.07, 6.45) is 8.30. The molecular weight excluding hydrogens is 1590 g/mol. The molecule has 0 atom stereocenters. The second-order valence-electron chi connectivity index (χ2n) is 33.8. The van der Waals surface area contributed by atoms with Gasteiger partial charge in [-0.1, -0.05) is 141 Å². The summed E-state index contributed by atoms with van der Waals surface area (Å²) in [7, 11) is 1.95. The van der Waals surface area contributed by atoms with Crippen molar-refractivity contribution in [1.29, 1.82) is 0 Å². The Morgan fingerprint density at radius 1 is 0.264 bits per heavy atom. The lowest BCUT2D eigenvalue weighted by atomic mass is 10.0. The highest BCUT2D eigenvalue weighted by Crippen LogP contribution is 2.44. The van der Waals surface area contributed by atoms with Crippen molar-refractivity contribution in [1.82, 2.24) is 0 Å². The lowest BCUT2D eigenvalue weighted by Crippen LogP contribution is -2.44. The van der Waals surface area contributed by atoms with E-state index >= 15 is 0 Å². The molecule has 18 heteroatoms. The van der Waals surface area contributed by atoms with Crippen LogP contribution in [0.15, 0.2) is 292 Å². The Morgan fingerprint density at radius 2 is 0.576 bits per heavy atom. The van der Waals surface area contributed by atoms with Gasteiger partial charge in [-0.15, -0.1) is 9.13 Å². The molecule has 7 aromatic heterocycles. The Bertz CT molecular complexity index is 7670. The second-order valence-corrected chi connectivity index (χ2v) is 39.2. The third-order valence-corrected chi connectivity index (χ3v) is 27.7. The van der Waals surface area contributed by atoms with E-state index in [1.54, 1.807) is 14.2 Å². The van der Waals surface area contributed by atoms with Gasteiger partial charge >= 0.3 is 5.88 Å². The Hall–Kier alpha value is -14.5. The zero-order chi connectivity index (χ0) is 84.6. The number of benzene rings is 14. The molecule has 125 heavy (non-hydrogen) atoms. The van der Waals surface area contributed by atoms with Crippen LogP contribution in [0.1, 0.15) is 22.4 Å². The quantitative estimate of drug-likeness (QED) is 0.0739. The van der Waals surface area contributed by atoms with Crippen molar-refractivity contribution >= 4 is 177 Å². The molecule has 0 aliphatic carbocycles. The summed E-state index contributed by atoms with van der Waals surface area (Å²) in [4.78, 5) is 0. The third kappa shape index (κ3) is 12.9. The van der Waals surface area contributed by atoms with E-state index in [2.05, 4.69) is 312 Å². The topological polar surface area (TPSA) is 110 Å². The summed E-state index contributed by atoms with van der Waals surface area (Å²) in [5, 5.41) is 27.9. The molecule has 0 amide bonds. The number of methoxy groups -OCH3 is 2. The van der Waals surface area contributed by atoms with Gasteiger partial charge in [0.05, 0.1) is 60.7 Å². The highest BCUT2D eigenvalue weighted by Gasteiger charge is 2.34. The molecule has 7 aliphatic heterocycles. The lowest BCUT2D eigenvalue weighted by molar-refractivity contribution is -0.707. The Labute approximate surface area is 726 Å². The molecule has 0 radical (unpaired) electrons.